The van der Waals surface area contributed by atoms with Crippen molar-refractivity contribution in [1.82, 2.24) is 0 Å². The molecule has 0 aliphatic heterocycles. The number of carbonyl (C=O) groups is 1. The molecule has 0 spiro atoms. The summed E-state index contributed by atoms with van der Waals surface area (Å²) in [5, 5.41) is 0. The lowest BCUT2D eigenvalue weighted by Gasteiger charge is -2.16. The molecule has 0 heterocycles. The molecule has 1 saturated carbocycles. The van der Waals surface area contributed by atoms with Crippen LogP contribution in [0.4, 0.5) is 0 Å². The molecule has 0 bridgehead atoms. The van der Waals surface area contributed by atoms with Gasteiger partial charge >= 0.3 is 0 Å². The topological polar surface area (TPSA) is 17.1 Å². The van der Waals surface area contributed by atoms with E-state index in [-0.39, 0.29) is 5.92 Å². The first-order chi connectivity index (χ1) is 6.88. The van der Waals surface area contributed by atoms with Gasteiger partial charge in [-0.2, -0.15) is 0 Å². The molecule has 0 radical (unpaired) electrons. The lowest BCUT2D eigenvalue weighted by Crippen LogP contribution is -2.15. The van der Waals surface area contributed by atoms with Gasteiger partial charge in [0.25, 0.3) is 0 Å². The second-order valence-electron chi connectivity index (χ2n) is 4.55. The Bertz CT molecular complexity index is 472. The summed E-state index contributed by atoms with van der Waals surface area (Å²) >= 11 is 0. The molecule has 1 aromatic carbocycles. The molecule has 68 valence electrons. The number of fused-ring (bicyclic) bond motifs is 4. The normalized spacial score (nSPS) is 40.7. The molecule has 0 N–H and O–H groups in total. The molecule has 0 unspecified atom stereocenters. The second kappa shape index (κ2) is 2.00. The van der Waals surface area contributed by atoms with Crippen LogP contribution >= 0.6 is 0 Å². The van der Waals surface area contributed by atoms with Crippen LogP contribution in [0.25, 0.3) is 0 Å². The summed E-state index contributed by atoms with van der Waals surface area (Å²) < 4.78 is 0. The van der Waals surface area contributed by atoms with Crippen LogP contribution in [0, 0.1) is 11.8 Å². The summed E-state index contributed by atoms with van der Waals surface area (Å²) in [7, 11) is 0. The fraction of sp³-hybridized carbons (Fsp3) is 0.308. The van der Waals surface area contributed by atoms with Crippen molar-refractivity contribution in [2.24, 2.45) is 11.8 Å². The maximum absolute atomic E-state index is 11.8. The van der Waals surface area contributed by atoms with Crippen molar-refractivity contribution in [1.29, 1.82) is 0 Å². The summed E-state index contributed by atoms with van der Waals surface area (Å²) in [6, 6.07) is 8.45. The average molecular weight is 182 g/mol. The first-order valence-corrected chi connectivity index (χ1v) is 5.19. The lowest BCUT2D eigenvalue weighted by molar-refractivity contribution is -0.116. The van der Waals surface area contributed by atoms with Gasteiger partial charge in [0.15, 0.2) is 5.78 Å². The zero-order valence-electron chi connectivity index (χ0n) is 7.68. The number of benzene rings is 1. The maximum atomic E-state index is 11.8. The summed E-state index contributed by atoms with van der Waals surface area (Å²) in [6.45, 7) is 0. The van der Waals surface area contributed by atoms with Gasteiger partial charge in [-0.1, -0.05) is 30.3 Å². The van der Waals surface area contributed by atoms with E-state index in [0.29, 0.717) is 23.5 Å². The molecule has 14 heavy (non-hydrogen) atoms. The van der Waals surface area contributed by atoms with Crippen LogP contribution in [0.15, 0.2) is 36.4 Å². The van der Waals surface area contributed by atoms with E-state index in [9.17, 15) is 4.79 Å². The Balaban J connectivity index is 2.00. The predicted molar refractivity (Wildman–Crippen MR) is 53.1 cm³/mol. The van der Waals surface area contributed by atoms with Crippen LogP contribution in [0.3, 0.4) is 0 Å². The third-order valence-corrected chi connectivity index (χ3v) is 4.00. The van der Waals surface area contributed by atoms with Crippen LogP contribution < -0.4 is 0 Å². The molecule has 3 aliphatic rings. The molecule has 1 aromatic rings. The number of allylic oxidation sites excluding steroid dienone is 2. The van der Waals surface area contributed by atoms with Crippen molar-refractivity contribution in [3.05, 3.63) is 47.5 Å². The monoisotopic (exact) mass is 182 g/mol. The van der Waals surface area contributed by atoms with Crippen LogP contribution in [-0.2, 0) is 4.79 Å². The van der Waals surface area contributed by atoms with Gasteiger partial charge in [-0.05, 0) is 35.0 Å². The molecule has 1 nitrogen and oxygen atoms in total. The van der Waals surface area contributed by atoms with Gasteiger partial charge in [0.1, 0.15) is 0 Å². The van der Waals surface area contributed by atoms with Crippen molar-refractivity contribution < 1.29 is 4.79 Å². The SMILES string of the molecule is O=C1C=C[C@@H]2[C@@H]3c4ccccc4[C@@H]1[C@H]23. The molecule has 0 saturated heterocycles. The van der Waals surface area contributed by atoms with Gasteiger partial charge in [0.2, 0.25) is 0 Å². The minimum Gasteiger partial charge on any atom is -0.294 e. The Morgan fingerprint density at radius 1 is 1.07 bits per heavy atom. The Morgan fingerprint density at radius 2 is 1.86 bits per heavy atom. The van der Waals surface area contributed by atoms with Crippen LogP contribution in [0.1, 0.15) is 23.0 Å². The maximum Gasteiger partial charge on any atom is 0.163 e. The van der Waals surface area contributed by atoms with E-state index in [1.54, 1.807) is 6.08 Å². The standard InChI is InChI=1S/C13H10O/c14-10-6-5-9-11-7-3-1-2-4-8(7)12(10)13(9)11/h1-6,9,11-13H/t9-,11+,12+,13-/m1/s1. The van der Waals surface area contributed by atoms with E-state index in [4.69, 9.17) is 0 Å². The number of rotatable bonds is 0. The van der Waals surface area contributed by atoms with Crippen molar-refractivity contribution in [3.63, 3.8) is 0 Å². The van der Waals surface area contributed by atoms with Gasteiger partial charge in [-0.15, -0.1) is 0 Å². The summed E-state index contributed by atoms with van der Waals surface area (Å²) in [5.41, 5.74) is 2.73. The third kappa shape index (κ3) is 0.597. The summed E-state index contributed by atoms with van der Waals surface area (Å²) in [4.78, 5) is 11.8. The smallest absolute Gasteiger partial charge is 0.163 e. The highest BCUT2D eigenvalue weighted by molar-refractivity contribution is 5.99. The summed E-state index contributed by atoms with van der Waals surface area (Å²) in [6.07, 6.45) is 3.91. The Labute approximate surface area is 82.4 Å². The van der Waals surface area contributed by atoms with E-state index in [2.05, 4.69) is 24.3 Å². The Morgan fingerprint density at radius 3 is 2.71 bits per heavy atom. The van der Waals surface area contributed by atoms with Gasteiger partial charge in [0, 0.05) is 0 Å². The summed E-state index contributed by atoms with van der Waals surface area (Å²) in [5.74, 6) is 2.47. The molecule has 1 heteroatoms. The largest absolute Gasteiger partial charge is 0.294 e. The van der Waals surface area contributed by atoms with Crippen LogP contribution in [0.2, 0.25) is 0 Å². The van der Waals surface area contributed by atoms with E-state index in [0.717, 1.165) is 0 Å². The third-order valence-electron chi connectivity index (χ3n) is 4.00. The highest BCUT2D eigenvalue weighted by Crippen LogP contribution is 2.69. The van der Waals surface area contributed by atoms with E-state index in [1.165, 1.54) is 11.1 Å². The van der Waals surface area contributed by atoms with E-state index in [1.807, 2.05) is 6.07 Å². The first-order valence-electron chi connectivity index (χ1n) is 5.19. The Hall–Kier alpha value is -1.37. The average Bonchev–Trinajstić information content (AvgIpc) is 2.81. The molecular formula is C13H10O. The zero-order valence-corrected chi connectivity index (χ0v) is 7.68. The van der Waals surface area contributed by atoms with Gasteiger partial charge in [-0.25, -0.2) is 0 Å². The van der Waals surface area contributed by atoms with E-state index >= 15 is 0 Å². The van der Waals surface area contributed by atoms with Gasteiger partial charge in [-0.3, -0.25) is 4.79 Å². The molecule has 0 amide bonds. The lowest BCUT2D eigenvalue weighted by atomic mass is 9.86. The van der Waals surface area contributed by atoms with Crippen LogP contribution in [0.5, 0.6) is 0 Å². The van der Waals surface area contributed by atoms with Gasteiger partial charge < -0.3 is 0 Å². The number of carbonyl (C=O) groups excluding carboxylic acids is 1. The fourth-order valence-corrected chi connectivity index (χ4v) is 3.41. The zero-order chi connectivity index (χ0) is 9.28. The van der Waals surface area contributed by atoms with Gasteiger partial charge in [0.05, 0.1) is 5.92 Å². The quantitative estimate of drug-likeness (QED) is 0.601. The minimum atomic E-state index is 0.200. The predicted octanol–water partition coefficient (Wildman–Crippen LogP) is 2.25. The molecule has 4 atom stereocenters. The minimum absolute atomic E-state index is 0.200. The number of ketones is 1. The fourth-order valence-electron chi connectivity index (χ4n) is 3.41. The molecular weight excluding hydrogens is 172 g/mol. The van der Waals surface area contributed by atoms with Crippen molar-refractivity contribution >= 4 is 5.78 Å². The van der Waals surface area contributed by atoms with Crippen molar-refractivity contribution in [3.8, 4) is 0 Å². The molecule has 4 rings (SSSR count). The van der Waals surface area contributed by atoms with Crippen LogP contribution in [-0.4, -0.2) is 5.78 Å². The first kappa shape index (κ1) is 6.99. The van der Waals surface area contributed by atoms with E-state index < -0.39 is 0 Å². The number of hydrogen-bond donors (Lipinski definition) is 0. The molecule has 0 aromatic heterocycles. The van der Waals surface area contributed by atoms with Crippen molar-refractivity contribution in [2.75, 3.05) is 0 Å². The second-order valence-corrected chi connectivity index (χ2v) is 4.55. The Kier molecular flexibility index (Phi) is 0.999. The van der Waals surface area contributed by atoms with Crippen molar-refractivity contribution in [2.45, 2.75) is 11.8 Å². The molecule has 3 aliphatic carbocycles. The highest BCUT2D eigenvalue weighted by Gasteiger charge is 2.62. The highest BCUT2D eigenvalue weighted by atomic mass is 16.1. The molecule has 1 fully saturated rings. The number of hydrogen-bond acceptors (Lipinski definition) is 1.